The van der Waals surface area contributed by atoms with Crippen LogP contribution in [0, 0.1) is 11.3 Å². The van der Waals surface area contributed by atoms with Crippen molar-refractivity contribution in [2.45, 2.75) is 13.0 Å². The van der Waals surface area contributed by atoms with Gasteiger partial charge in [-0.15, -0.1) is 0 Å². The third-order valence-corrected chi connectivity index (χ3v) is 2.76. The van der Waals surface area contributed by atoms with Gasteiger partial charge in [0.05, 0.1) is 25.7 Å². The molecule has 0 bridgehead atoms. The zero-order chi connectivity index (χ0) is 12.5. The van der Waals surface area contributed by atoms with E-state index in [1.807, 2.05) is 24.3 Å². The first-order chi connectivity index (χ1) is 8.31. The average molecular weight is 235 g/mol. The van der Waals surface area contributed by atoms with Crippen LogP contribution in [0.5, 0.6) is 0 Å². The summed E-state index contributed by atoms with van der Waals surface area (Å²) in [5.41, 5.74) is 2.15. The molecule has 1 aromatic carbocycles. The summed E-state index contributed by atoms with van der Waals surface area (Å²) in [4.78, 5) is 1.13. The fourth-order valence-corrected chi connectivity index (χ4v) is 1.87. The van der Waals surface area contributed by atoms with Crippen LogP contribution in [0.15, 0.2) is 24.3 Å². The lowest BCUT2D eigenvalue weighted by Gasteiger charge is -2.18. The van der Waals surface area contributed by atoms with Crippen LogP contribution in [-0.2, 0) is 13.0 Å². The van der Waals surface area contributed by atoms with Crippen molar-refractivity contribution in [2.24, 2.45) is 0 Å². The Kier molecular flexibility index (Phi) is 6.26. The van der Waals surface area contributed by atoms with Crippen molar-refractivity contribution in [1.29, 1.82) is 5.26 Å². The average Bonchev–Trinajstić information content (AvgIpc) is 2.33. The van der Waals surface area contributed by atoms with Crippen LogP contribution in [0.25, 0.3) is 0 Å². The number of rotatable bonds is 7. The Bertz CT molecular complexity index is 368. The number of hydrogen-bond donors (Lipinski definition) is 3. The smallest absolute Gasteiger partial charge is 0.103 e. The minimum Gasteiger partial charge on any atom is -0.391 e. The van der Waals surface area contributed by atoms with Crippen LogP contribution in [0.1, 0.15) is 11.1 Å². The molecule has 0 fully saturated rings. The van der Waals surface area contributed by atoms with Crippen LogP contribution in [0.3, 0.4) is 0 Å². The summed E-state index contributed by atoms with van der Waals surface area (Å²) in [6, 6.07) is 9.98. The summed E-state index contributed by atoms with van der Waals surface area (Å²) in [7, 11) is 0. The van der Waals surface area contributed by atoms with Gasteiger partial charge in [-0.3, -0.25) is 0 Å². The van der Waals surface area contributed by atoms with E-state index in [4.69, 9.17) is 15.5 Å². The van der Waals surface area contributed by atoms with E-state index in [9.17, 15) is 0 Å². The van der Waals surface area contributed by atoms with E-state index >= 15 is 0 Å². The first-order valence-corrected chi connectivity index (χ1v) is 5.80. The molecule has 0 amide bonds. The normalized spacial score (nSPS) is 10.5. The minimum atomic E-state index is 0.107. The molecule has 0 saturated heterocycles. The summed E-state index contributed by atoms with van der Waals surface area (Å²) in [6.07, 6.45) is 0.404. The van der Waals surface area contributed by atoms with E-state index < -0.39 is 0 Å². The van der Waals surface area contributed by atoms with Gasteiger partial charge in [0.2, 0.25) is 0 Å². The number of hydrogen-bond acceptors (Lipinski definition) is 3. The number of quaternary nitrogens is 1. The molecule has 0 aliphatic carbocycles. The maximum Gasteiger partial charge on any atom is 0.103 e. The fourth-order valence-electron chi connectivity index (χ4n) is 1.87. The predicted molar refractivity (Wildman–Crippen MR) is 64.3 cm³/mol. The number of nitrogens with one attached hydrogen (secondary N) is 1. The lowest BCUT2D eigenvalue weighted by Crippen LogP contribution is -3.11. The van der Waals surface area contributed by atoms with E-state index in [1.54, 1.807) is 0 Å². The van der Waals surface area contributed by atoms with Crippen LogP contribution in [0.2, 0.25) is 0 Å². The molecule has 0 aliphatic rings. The summed E-state index contributed by atoms with van der Waals surface area (Å²) >= 11 is 0. The van der Waals surface area contributed by atoms with Crippen molar-refractivity contribution < 1.29 is 15.1 Å². The molecule has 0 aromatic heterocycles. The van der Waals surface area contributed by atoms with Gasteiger partial charge in [0.1, 0.15) is 19.6 Å². The molecule has 4 nitrogen and oxygen atoms in total. The second-order valence-corrected chi connectivity index (χ2v) is 3.98. The Hall–Kier alpha value is -1.41. The lowest BCUT2D eigenvalue weighted by molar-refractivity contribution is -0.914. The molecule has 1 aromatic rings. The molecule has 0 atom stereocenters. The standard InChI is InChI=1S/C13H18N2O2/c14-6-5-12-3-1-2-4-13(12)11-15(7-9-16)8-10-17/h1-4,16-17H,5,7-11H2/p+1. The highest BCUT2D eigenvalue weighted by atomic mass is 16.3. The Labute approximate surface area is 102 Å². The van der Waals surface area contributed by atoms with Gasteiger partial charge >= 0.3 is 0 Å². The minimum absolute atomic E-state index is 0.107. The maximum absolute atomic E-state index is 8.96. The van der Waals surface area contributed by atoms with Gasteiger partial charge in [-0.25, -0.2) is 0 Å². The van der Waals surface area contributed by atoms with Gasteiger partial charge in [0.15, 0.2) is 0 Å². The Balaban J connectivity index is 2.74. The SMILES string of the molecule is N#CCc1ccccc1C[NH+](CCO)CCO. The van der Waals surface area contributed by atoms with Crippen molar-refractivity contribution in [2.75, 3.05) is 26.3 Å². The number of aliphatic hydroxyl groups is 2. The van der Waals surface area contributed by atoms with E-state index in [2.05, 4.69) is 6.07 Å². The van der Waals surface area contributed by atoms with Crippen molar-refractivity contribution in [1.82, 2.24) is 0 Å². The molecule has 3 N–H and O–H groups in total. The van der Waals surface area contributed by atoms with Crippen LogP contribution in [0.4, 0.5) is 0 Å². The predicted octanol–water partition coefficient (Wildman–Crippen LogP) is -0.878. The maximum atomic E-state index is 8.96. The lowest BCUT2D eigenvalue weighted by atomic mass is 10.0. The summed E-state index contributed by atoms with van der Waals surface area (Å²) in [5, 5.41) is 26.7. The Morgan fingerprint density at radius 3 is 2.18 bits per heavy atom. The molecular formula is C13H19N2O2+. The largest absolute Gasteiger partial charge is 0.391 e. The second kappa shape index (κ2) is 7.80. The molecule has 0 saturated carbocycles. The Morgan fingerprint density at radius 1 is 1.06 bits per heavy atom. The summed E-state index contributed by atoms with van der Waals surface area (Å²) in [5.74, 6) is 0. The highest BCUT2D eigenvalue weighted by Crippen LogP contribution is 2.07. The summed E-state index contributed by atoms with van der Waals surface area (Å²) < 4.78 is 0. The first-order valence-electron chi connectivity index (χ1n) is 5.80. The molecule has 0 aliphatic heterocycles. The first kappa shape index (κ1) is 13.7. The highest BCUT2D eigenvalue weighted by Gasteiger charge is 2.10. The van der Waals surface area contributed by atoms with E-state index in [0.29, 0.717) is 19.5 Å². The van der Waals surface area contributed by atoms with Gasteiger partial charge in [-0.05, 0) is 5.56 Å². The van der Waals surface area contributed by atoms with Gasteiger partial charge in [0, 0.05) is 5.56 Å². The number of nitriles is 1. The zero-order valence-corrected chi connectivity index (χ0v) is 9.89. The van der Waals surface area contributed by atoms with E-state index in [0.717, 1.165) is 22.6 Å². The third kappa shape index (κ3) is 4.53. The number of nitrogens with zero attached hydrogens (tertiary/aromatic N) is 1. The number of aliphatic hydroxyl groups excluding tert-OH is 2. The molecule has 4 heteroatoms. The van der Waals surface area contributed by atoms with E-state index in [-0.39, 0.29) is 13.2 Å². The molecule has 0 unspecified atom stereocenters. The quantitative estimate of drug-likeness (QED) is 0.575. The van der Waals surface area contributed by atoms with E-state index in [1.165, 1.54) is 0 Å². The summed E-state index contributed by atoms with van der Waals surface area (Å²) in [6.45, 7) is 2.17. The topological polar surface area (TPSA) is 68.7 Å². The van der Waals surface area contributed by atoms with Gasteiger partial charge in [-0.1, -0.05) is 24.3 Å². The van der Waals surface area contributed by atoms with Crippen molar-refractivity contribution in [3.05, 3.63) is 35.4 Å². The highest BCUT2D eigenvalue weighted by molar-refractivity contribution is 5.28. The molecule has 0 spiro atoms. The Morgan fingerprint density at radius 2 is 1.65 bits per heavy atom. The molecule has 17 heavy (non-hydrogen) atoms. The van der Waals surface area contributed by atoms with Crippen molar-refractivity contribution >= 4 is 0 Å². The molecule has 1 rings (SSSR count). The third-order valence-electron chi connectivity index (χ3n) is 2.76. The van der Waals surface area contributed by atoms with Gasteiger partial charge < -0.3 is 15.1 Å². The molecule has 0 radical (unpaired) electrons. The van der Waals surface area contributed by atoms with Crippen LogP contribution >= 0.6 is 0 Å². The van der Waals surface area contributed by atoms with Crippen molar-refractivity contribution in [3.8, 4) is 6.07 Å². The van der Waals surface area contributed by atoms with Crippen LogP contribution < -0.4 is 4.90 Å². The molecule has 0 heterocycles. The second-order valence-electron chi connectivity index (χ2n) is 3.98. The zero-order valence-electron chi connectivity index (χ0n) is 9.89. The van der Waals surface area contributed by atoms with Crippen molar-refractivity contribution in [3.63, 3.8) is 0 Å². The monoisotopic (exact) mass is 235 g/mol. The number of benzene rings is 1. The fraction of sp³-hybridized carbons (Fsp3) is 0.462. The van der Waals surface area contributed by atoms with Gasteiger partial charge in [-0.2, -0.15) is 5.26 Å². The van der Waals surface area contributed by atoms with Gasteiger partial charge in [0.25, 0.3) is 0 Å². The molecular weight excluding hydrogens is 216 g/mol. The van der Waals surface area contributed by atoms with Crippen LogP contribution in [-0.4, -0.2) is 36.5 Å². The molecule has 92 valence electrons.